The van der Waals surface area contributed by atoms with E-state index in [0.717, 1.165) is 10.6 Å². The molecule has 0 atom stereocenters. The van der Waals surface area contributed by atoms with Gasteiger partial charge in [0.05, 0.1) is 16.4 Å². The lowest BCUT2D eigenvalue weighted by Crippen LogP contribution is -2.46. The predicted molar refractivity (Wildman–Crippen MR) is 95.4 cm³/mol. The smallest absolute Gasteiger partial charge is 0.319 e. The van der Waals surface area contributed by atoms with Crippen molar-refractivity contribution in [1.82, 2.24) is 14.5 Å². The molecule has 0 unspecified atom stereocenters. The number of sulfonamides is 1. The Morgan fingerprint density at radius 2 is 1.93 bits per heavy atom. The summed E-state index contributed by atoms with van der Waals surface area (Å²) in [6.45, 7) is -0.666. The van der Waals surface area contributed by atoms with Crippen LogP contribution < -0.4 is 10.0 Å². The van der Waals surface area contributed by atoms with Gasteiger partial charge in [-0.3, -0.25) is 19.6 Å². The number of hydrogen-bond acceptors (Lipinski definition) is 7. The highest BCUT2D eigenvalue weighted by molar-refractivity contribution is 7.89. The monoisotopic (exact) mass is 416 g/mol. The minimum Gasteiger partial charge on any atom is -0.363 e. The third-order valence-electron chi connectivity index (χ3n) is 4.51. The fraction of sp³-hybridized carbons (Fsp3) is 0.400. The molecule has 0 bridgehead atoms. The molecule has 2 aromatic rings. The van der Waals surface area contributed by atoms with Gasteiger partial charge in [0.1, 0.15) is 11.5 Å². The number of nitrogens with two attached hydrogens (primary N) is 1. The third kappa shape index (κ3) is 4.26. The van der Waals surface area contributed by atoms with Gasteiger partial charge in [-0.25, -0.2) is 18.5 Å². The largest absolute Gasteiger partial charge is 0.363 e. The number of rotatable bonds is 6. The minimum absolute atomic E-state index is 0.234. The van der Waals surface area contributed by atoms with Crippen molar-refractivity contribution in [3.63, 3.8) is 0 Å². The SMILES string of the molecule is NS(=O)(=O)c1ccc(N2CCN(Cc3nccn3C(F)F)CC2)c([N+](=O)[O-])c1. The highest BCUT2D eigenvalue weighted by Gasteiger charge is 2.26. The zero-order chi connectivity index (χ0) is 20.5. The van der Waals surface area contributed by atoms with Gasteiger partial charge in [-0.2, -0.15) is 8.78 Å². The Bertz CT molecular complexity index is 973. The summed E-state index contributed by atoms with van der Waals surface area (Å²) in [6.07, 6.45) is 2.53. The summed E-state index contributed by atoms with van der Waals surface area (Å²) in [7, 11) is -4.06. The van der Waals surface area contributed by atoms with E-state index in [1.54, 1.807) is 4.90 Å². The second-order valence-electron chi connectivity index (χ2n) is 6.24. The summed E-state index contributed by atoms with van der Waals surface area (Å²) in [5, 5.41) is 16.4. The van der Waals surface area contributed by atoms with E-state index in [4.69, 9.17) is 5.14 Å². The van der Waals surface area contributed by atoms with E-state index in [-0.39, 0.29) is 28.6 Å². The fourth-order valence-electron chi connectivity index (χ4n) is 3.08. The normalized spacial score (nSPS) is 15.9. The zero-order valence-corrected chi connectivity index (χ0v) is 15.4. The molecule has 1 saturated heterocycles. The molecule has 28 heavy (non-hydrogen) atoms. The number of hydrogen-bond donors (Lipinski definition) is 1. The zero-order valence-electron chi connectivity index (χ0n) is 14.6. The molecule has 0 radical (unpaired) electrons. The van der Waals surface area contributed by atoms with Crippen LogP contribution in [0.2, 0.25) is 0 Å². The number of nitro benzene ring substituents is 1. The van der Waals surface area contributed by atoms with E-state index in [0.29, 0.717) is 26.2 Å². The van der Waals surface area contributed by atoms with Crippen LogP contribution in [0.5, 0.6) is 0 Å². The van der Waals surface area contributed by atoms with Crippen LogP contribution in [0.1, 0.15) is 12.4 Å². The van der Waals surface area contributed by atoms with E-state index in [1.807, 2.05) is 4.90 Å². The molecule has 152 valence electrons. The van der Waals surface area contributed by atoms with E-state index in [2.05, 4.69) is 4.98 Å². The van der Waals surface area contributed by atoms with Gasteiger partial charge in [0.25, 0.3) is 5.69 Å². The molecular weight excluding hydrogens is 398 g/mol. The first-order valence-corrected chi connectivity index (χ1v) is 9.80. The Balaban J connectivity index is 1.72. The quantitative estimate of drug-likeness (QED) is 0.553. The average molecular weight is 416 g/mol. The first-order valence-electron chi connectivity index (χ1n) is 8.25. The summed E-state index contributed by atoms with van der Waals surface area (Å²) in [5.41, 5.74) is -0.0700. The van der Waals surface area contributed by atoms with Crippen molar-refractivity contribution in [2.24, 2.45) is 5.14 Å². The molecule has 1 aliphatic rings. The van der Waals surface area contributed by atoms with Crippen LogP contribution in [0.3, 0.4) is 0 Å². The van der Waals surface area contributed by atoms with E-state index in [9.17, 15) is 27.3 Å². The summed E-state index contributed by atoms with van der Waals surface area (Å²) in [6, 6.07) is 3.52. The number of alkyl halides is 2. The first kappa shape index (κ1) is 20.1. The average Bonchev–Trinajstić information content (AvgIpc) is 3.09. The number of piperazine rings is 1. The number of aromatic nitrogens is 2. The van der Waals surface area contributed by atoms with Crippen molar-refractivity contribution in [2.75, 3.05) is 31.1 Å². The second kappa shape index (κ2) is 7.77. The lowest BCUT2D eigenvalue weighted by Gasteiger charge is -2.35. The lowest BCUT2D eigenvalue weighted by molar-refractivity contribution is -0.384. The van der Waals surface area contributed by atoms with Crippen molar-refractivity contribution in [2.45, 2.75) is 18.0 Å². The van der Waals surface area contributed by atoms with Crippen LogP contribution in [0.4, 0.5) is 20.2 Å². The summed E-state index contributed by atoms with van der Waals surface area (Å²) in [5.74, 6) is 0.243. The van der Waals surface area contributed by atoms with Crippen LogP contribution in [0.25, 0.3) is 0 Å². The number of benzene rings is 1. The maximum absolute atomic E-state index is 12.9. The topological polar surface area (TPSA) is 128 Å². The molecule has 0 saturated carbocycles. The van der Waals surface area contributed by atoms with Gasteiger partial charge in [-0.05, 0) is 12.1 Å². The van der Waals surface area contributed by atoms with Gasteiger partial charge in [-0.1, -0.05) is 0 Å². The van der Waals surface area contributed by atoms with Gasteiger partial charge in [0.15, 0.2) is 0 Å². The van der Waals surface area contributed by atoms with Gasteiger partial charge >= 0.3 is 6.55 Å². The van der Waals surface area contributed by atoms with E-state index < -0.39 is 21.5 Å². The highest BCUT2D eigenvalue weighted by atomic mass is 32.2. The molecule has 13 heteroatoms. The Hall–Kier alpha value is -2.64. The lowest BCUT2D eigenvalue weighted by atomic mass is 10.2. The predicted octanol–water partition coefficient (Wildman–Crippen LogP) is 1.16. The van der Waals surface area contributed by atoms with Crippen molar-refractivity contribution in [3.05, 3.63) is 46.5 Å². The number of nitrogens with zero attached hydrogens (tertiary/aromatic N) is 5. The highest BCUT2D eigenvalue weighted by Crippen LogP contribution is 2.31. The number of halogens is 2. The molecule has 1 fully saturated rings. The summed E-state index contributed by atoms with van der Waals surface area (Å²) >= 11 is 0. The molecule has 2 heterocycles. The Morgan fingerprint density at radius 3 is 2.50 bits per heavy atom. The van der Waals surface area contributed by atoms with Crippen LogP contribution in [0.15, 0.2) is 35.5 Å². The van der Waals surface area contributed by atoms with Crippen LogP contribution in [0, 0.1) is 10.1 Å². The number of imidazole rings is 1. The molecule has 0 aliphatic carbocycles. The standard InChI is InChI=1S/C15H18F2N6O4S/c16-15(17)22-4-3-19-14(22)10-20-5-7-21(8-6-20)12-2-1-11(28(18,26)27)9-13(12)23(24)25/h1-4,9,15H,5-8,10H2,(H2,18,26,27). The number of primary sulfonamides is 1. The van der Waals surface area contributed by atoms with Crippen molar-refractivity contribution in [3.8, 4) is 0 Å². The van der Waals surface area contributed by atoms with Gasteiger partial charge in [0.2, 0.25) is 10.0 Å². The maximum Gasteiger partial charge on any atom is 0.319 e. The van der Waals surface area contributed by atoms with Crippen molar-refractivity contribution >= 4 is 21.4 Å². The van der Waals surface area contributed by atoms with Gasteiger partial charge in [-0.15, -0.1) is 0 Å². The Morgan fingerprint density at radius 1 is 1.25 bits per heavy atom. The Kier molecular flexibility index (Phi) is 5.58. The van der Waals surface area contributed by atoms with Gasteiger partial charge < -0.3 is 4.90 Å². The van der Waals surface area contributed by atoms with Crippen molar-refractivity contribution in [1.29, 1.82) is 0 Å². The molecule has 2 N–H and O–H groups in total. The fourth-order valence-corrected chi connectivity index (χ4v) is 3.62. The van der Waals surface area contributed by atoms with Crippen LogP contribution >= 0.6 is 0 Å². The first-order chi connectivity index (χ1) is 13.2. The number of anilines is 1. The molecular formula is C15H18F2N6O4S. The van der Waals surface area contributed by atoms with Gasteiger partial charge in [0, 0.05) is 44.6 Å². The maximum atomic E-state index is 12.9. The molecule has 1 aliphatic heterocycles. The minimum atomic E-state index is -4.06. The third-order valence-corrected chi connectivity index (χ3v) is 5.42. The number of nitro groups is 1. The Labute approximate surface area is 159 Å². The van der Waals surface area contributed by atoms with E-state index in [1.165, 1.54) is 24.5 Å². The van der Waals surface area contributed by atoms with Crippen LogP contribution in [-0.2, 0) is 16.6 Å². The molecule has 1 aromatic heterocycles. The molecule has 0 spiro atoms. The second-order valence-corrected chi connectivity index (χ2v) is 7.81. The summed E-state index contributed by atoms with van der Waals surface area (Å²) in [4.78, 5) is 18.0. The molecule has 3 rings (SSSR count). The van der Waals surface area contributed by atoms with Crippen LogP contribution in [-0.4, -0.2) is 54.0 Å². The van der Waals surface area contributed by atoms with Crippen molar-refractivity contribution < 1.29 is 22.1 Å². The summed E-state index contributed by atoms with van der Waals surface area (Å²) < 4.78 is 49.5. The molecule has 0 amide bonds. The molecule has 10 nitrogen and oxygen atoms in total. The molecule has 1 aromatic carbocycles. The van der Waals surface area contributed by atoms with E-state index >= 15 is 0 Å².